The van der Waals surface area contributed by atoms with Crippen LogP contribution in [-0.4, -0.2) is 26.4 Å². The third-order valence-electron chi connectivity index (χ3n) is 4.31. The molecule has 152 valence electrons. The van der Waals surface area contributed by atoms with Gasteiger partial charge in [0.2, 0.25) is 5.91 Å². The van der Waals surface area contributed by atoms with Crippen LogP contribution in [0.2, 0.25) is 5.02 Å². The number of halogens is 1. The van der Waals surface area contributed by atoms with E-state index in [0.29, 0.717) is 27.7 Å². The number of aromatic nitrogens is 3. The molecule has 8 heteroatoms. The zero-order valence-corrected chi connectivity index (χ0v) is 18.1. The molecule has 0 aliphatic heterocycles. The van der Waals surface area contributed by atoms with Crippen LogP contribution in [-0.2, 0) is 18.4 Å². The summed E-state index contributed by atoms with van der Waals surface area (Å²) in [6.45, 7) is 4.51. The Kier molecular flexibility index (Phi) is 7.17. The SMILES string of the molecule is CC(C)c1ccc(NC(=O)CSc2nnc(COc3ccccc3Cl)n2C)cc1. The molecule has 1 N–H and O–H groups in total. The molecule has 6 nitrogen and oxygen atoms in total. The number of amides is 1. The average molecular weight is 431 g/mol. The number of ether oxygens (including phenoxy) is 1. The van der Waals surface area contributed by atoms with Crippen molar-refractivity contribution in [3.8, 4) is 5.75 Å². The molecule has 1 aromatic heterocycles. The van der Waals surface area contributed by atoms with Crippen molar-refractivity contribution in [1.29, 1.82) is 0 Å². The first kappa shape index (κ1) is 21.2. The smallest absolute Gasteiger partial charge is 0.234 e. The molecule has 0 spiro atoms. The molecule has 0 aliphatic carbocycles. The van der Waals surface area contributed by atoms with Crippen molar-refractivity contribution in [1.82, 2.24) is 14.8 Å². The Morgan fingerprint density at radius 1 is 1.17 bits per heavy atom. The average Bonchev–Trinajstić information content (AvgIpc) is 3.06. The van der Waals surface area contributed by atoms with Crippen LogP contribution in [0.4, 0.5) is 5.69 Å². The first-order valence-corrected chi connectivity index (χ1v) is 10.6. The second-order valence-electron chi connectivity index (χ2n) is 6.79. The van der Waals surface area contributed by atoms with E-state index in [0.717, 1.165) is 5.69 Å². The lowest BCUT2D eigenvalue weighted by Crippen LogP contribution is -2.14. The van der Waals surface area contributed by atoms with Crippen molar-refractivity contribution in [3.63, 3.8) is 0 Å². The zero-order valence-electron chi connectivity index (χ0n) is 16.6. The van der Waals surface area contributed by atoms with Crippen LogP contribution in [0, 0.1) is 0 Å². The van der Waals surface area contributed by atoms with Gasteiger partial charge in [0.05, 0.1) is 10.8 Å². The van der Waals surface area contributed by atoms with Crippen molar-refractivity contribution >= 4 is 35.0 Å². The van der Waals surface area contributed by atoms with Crippen molar-refractivity contribution < 1.29 is 9.53 Å². The third kappa shape index (κ3) is 5.74. The van der Waals surface area contributed by atoms with Gasteiger partial charge < -0.3 is 14.6 Å². The molecule has 0 aliphatic rings. The molecular formula is C21H23ClN4O2S. The summed E-state index contributed by atoms with van der Waals surface area (Å²) in [6.07, 6.45) is 0. The number of nitrogens with zero attached hydrogens (tertiary/aromatic N) is 3. The Labute approximate surface area is 179 Å². The molecular weight excluding hydrogens is 408 g/mol. The van der Waals surface area contributed by atoms with Crippen LogP contribution in [0.1, 0.15) is 31.2 Å². The molecule has 1 heterocycles. The van der Waals surface area contributed by atoms with E-state index in [1.54, 1.807) is 12.1 Å². The fourth-order valence-electron chi connectivity index (χ4n) is 2.58. The second kappa shape index (κ2) is 9.80. The van der Waals surface area contributed by atoms with Crippen LogP contribution in [0.15, 0.2) is 53.7 Å². The molecule has 0 unspecified atom stereocenters. The van der Waals surface area contributed by atoms with Gasteiger partial charge in [-0.25, -0.2) is 0 Å². The molecule has 0 radical (unpaired) electrons. The van der Waals surface area contributed by atoms with Crippen molar-refractivity contribution in [2.24, 2.45) is 7.05 Å². The Hall–Kier alpha value is -2.51. The molecule has 3 aromatic rings. The Bertz CT molecular complexity index is 973. The number of anilines is 1. The molecule has 0 bridgehead atoms. The maximum Gasteiger partial charge on any atom is 0.234 e. The predicted molar refractivity (Wildman–Crippen MR) is 117 cm³/mol. The molecule has 0 saturated heterocycles. The molecule has 3 rings (SSSR count). The van der Waals surface area contributed by atoms with E-state index in [1.807, 2.05) is 48.0 Å². The number of rotatable bonds is 8. The summed E-state index contributed by atoms with van der Waals surface area (Å²) in [5.41, 5.74) is 2.02. The third-order valence-corrected chi connectivity index (χ3v) is 5.64. The van der Waals surface area contributed by atoms with Crippen LogP contribution >= 0.6 is 23.4 Å². The van der Waals surface area contributed by atoms with Gasteiger partial charge in [0, 0.05) is 12.7 Å². The van der Waals surface area contributed by atoms with Gasteiger partial charge >= 0.3 is 0 Å². The molecule has 1 amide bonds. The van der Waals surface area contributed by atoms with Gasteiger partial charge in [-0.1, -0.05) is 61.5 Å². The van der Waals surface area contributed by atoms with Crippen LogP contribution in [0.5, 0.6) is 5.75 Å². The van der Waals surface area contributed by atoms with Gasteiger partial charge in [0.1, 0.15) is 12.4 Å². The van der Waals surface area contributed by atoms with Crippen LogP contribution in [0.25, 0.3) is 0 Å². The fourth-order valence-corrected chi connectivity index (χ4v) is 3.50. The summed E-state index contributed by atoms with van der Waals surface area (Å²) < 4.78 is 7.52. The maximum absolute atomic E-state index is 12.2. The number of nitrogens with one attached hydrogen (secondary N) is 1. The monoisotopic (exact) mass is 430 g/mol. The number of carbonyl (C=O) groups excluding carboxylic acids is 1. The van der Waals surface area contributed by atoms with E-state index >= 15 is 0 Å². The van der Waals surface area contributed by atoms with Gasteiger partial charge in [-0.05, 0) is 35.7 Å². The van der Waals surface area contributed by atoms with Gasteiger partial charge in [0.25, 0.3) is 0 Å². The van der Waals surface area contributed by atoms with Crippen LogP contribution < -0.4 is 10.1 Å². The first-order chi connectivity index (χ1) is 13.9. The van der Waals surface area contributed by atoms with E-state index in [9.17, 15) is 4.79 Å². The highest BCUT2D eigenvalue weighted by atomic mass is 35.5. The molecule has 0 saturated carbocycles. The summed E-state index contributed by atoms with van der Waals surface area (Å²) in [4.78, 5) is 12.2. The fraction of sp³-hybridized carbons (Fsp3) is 0.286. The topological polar surface area (TPSA) is 69.0 Å². The molecule has 0 fully saturated rings. The first-order valence-electron chi connectivity index (χ1n) is 9.22. The summed E-state index contributed by atoms with van der Waals surface area (Å²) in [5.74, 6) is 1.85. The standard InChI is InChI=1S/C21H23ClN4O2S/c1-14(2)15-8-10-16(11-9-15)23-20(27)13-29-21-25-24-19(26(21)3)12-28-18-7-5-4-6-17(18)22/h4-11,14H,12-13H2,1-3H3,(H,23,27). The summed E-state index contributed by atoms with van der Waals surface area (Å²) in [5, 5.41) is 12.4. The number of para-hydroxylation sites is 1. The van der Waals surface area contributed by atoms with Gasteiger partial charge in [-0.15, -0.1) is 10.2 Å². The zero-order chi connectivity index (χ0) is 20.8. The normalized spacial score (nSPS) is 10.9. The van der Waals surface area contributed by atoms with Gasteiger partial charge in [-0.2, -0.15) is 0 Å². The van der Waals surface area contributed by atoms with E-state index in [-0.39, 0.29) is 18.3 Å². The van der Waals surface area contributed by atoms with Gasteiger partial charge in [0.15, 0.2) is 11.0 Å². The Morgan fingerprint density at radius 2 is 1.90 bits per heavy atom. The number of hydrogen-bond donors (Lipinski definition) is 1. The summed E-state index contributed by atoms with van der Waals surface area (Å²) in [6, 6.07) is 15.2. The predicted octanol–water partition coefficient (Wildman–Crippen LogP) is 4.90. The summed E-state index contributed by atoms with van der Waals surface area (Å²) in [7, 11) is 1.84. The Morgan fingerprint density at radius 3 is 2.59 bits per heavy atom. The lowest BCUT2D eigenvalue weighted by molar-refractivity contribution is -0.113. The van der Waals surface area contributed by atoms with Crippen molar-refractivity contribution in [2.75, 3.05) is 11.1 Å². The largest absolute Gasteiger partial charge is 0.484 e. The molecule has 2 aromatic carbocycles. The number of carbonyl (C=O) groups is 1. The molecule has 0 atom stereocenters. The number of benzene rings is 2. The second-order valence-corrected chi connectivity index (χ2v) is 8.14. The highest BCUT2D eigenvalue weighted by molar-refractivity contribution is 7.99. The minimum Gasteiger partial charge on any atom is -0.484 e. The van der Waals surface area contributed by atoms with E-state index in [4.69, 9.17) is 16.3 Å². The lowest BCUT2D eigenvalue weighted by atomic mass is 10.0. The minimum absolute atomic E-state index is 0.0934. The maximum atomic E-state index is 12.2. The highest BCUT2D eigenvalue weighted by Gasteiger charge is 2.13. The highest BCUT2D eigenvalue weighted by Crippen LogP contribution is 2.24. The van der Waals surface area contributed by atoms with Gasteiger partial charge in [-0.3, -0.25) is 4.79 Å². The lowest BCUT2D eigenvalue weighted by Gasteiger charge is -2.09. The van der Waals surface area contributed by atoms with E-state index in [2.05, 4.69) is 29.4 Å². The number of thioether (sulfide) groups is 1. The number of hydrogen-bond acceptors (Lipinski definition) is 5. The van der Waals surface area contributed by atoms with E-state index < -0.39 is 0 Å². The molecule has 29 heavy (non-hydrogen) atoms. The van der Waals surface area contributed by atoms with E-state index in [1.165, 1.54) is 17.3 Å². The van der Waals surface area contributed by atoms with Crippen LogP contribution in [0.3, 0.4) is 0 Å². The van der Waals surface area contributed by atoms with Crippen molar-refractivity contribution in [3.05, 3.63) is 64.9 Å². The summed E-state index contributed by atoms with van der Waals surface area (Å²) >= 11 is 7.42. The Balaban J connectivity index is 1.51. The van der Waals surface area contributed by atoms with Crippen molar-refractivity contribution in [2.45, 2.75) is 31.5 Å². The quantitative estimate of drug-likeness (QED) is 0.514. The minimum atomic E-state index is -0.0934.